The maximum Gasteiger partial charge on any atom is 0.414 e. The zero-order valence-electron chi connectivity index (χ0n) is 17.6. The largest absolute Gasteiger partial charge is 0.453 e. The van der Waals surface area contributed by atoms with Crippen molar-refractivity contribution < 1.29 is 28.3 Å². The molecule has 0 spiro atoms. The lowest BCUT2D eigenvalue weighted by Gasteiger charge is -2.23. The van der Waals surface area contributed by atoms with Crippen LogP contribution in [-0.2, 0) is 14.3 Å². The third kappa shape index (κ3) is 4.41. The number of likely N-dealkylation sites (N-methyl/N-ethyl adjacent to an activating group) is 1. The van der Waals surface area contributed by atoms with Crippen LogP contribution in [-0.4, -0.2) is 74.4 Å². The van der Waals surface area contributed by atoms with Gasteiger partial charge < -0.3 is 24.5 Å². The minimum absolute atomic E-state index is 0.0962. The lowest BCUT2D eigenvalue weighted by atomic mass is 10.1. The van der Waals surface area contributed by atoms with Crippen molar-refractivity contribution in [2.24, 2.45) is 5.16 Å². The Balaban J connectivity index is 1.47. The Labute approximate surface area is 183 Å². The zero-order chi connectivity index (χ0) is 22.7. The zero-order valence-corrected chi connectivity index (χ0v) is 17.6. The maximum atomic E-state index is 14.9. The molecule has 11 heteroatoms. The molecule has 1 saturated heterocycles. The number of amidine groups is 1. The number of ether oxygens (including phenoxy) is 2. The molecule has 2 amide bonds. The summed E-state index contributed by atoms with van der Waals surface area (Å²) >= 11 is 0. The van der Waals surface area contributed by atoms with Gasteiger partial charge in [0.2, 0.25) is 0 Å². The van der Waals surface area contributed by atoms with Crippen LogP contribution in [0, 0.1) is 5.82 Å². The van der Waals surface area contributed by atoms with E-state index in [9.17, 15) is 14.0 Å². The van der Waals surface area contributed by atoms with Crippen molar-refractivity contribution in [1.29, 1.82) is 0 Å². The van der Waals surface area contributed by atoms with Gasteiger partial charge in [0.25, 0.3) is 0 Å². The summed E-state index contributed by atoms with van der Waals surface area (Å²) in [6.07, 6.45) is -0.230. The molecule has 1 aromatic carbocycles. The number of carbonyl (C=O) groups excluding carboxylic acids is 2. The van der Waals surface area contributed by atoms with Crippen LogP contribution in [0.3, 0.4) is 0 Å². The Morgan fingerprint density at radius 1 is 1.34 bits per heavy atom. The molecule has 0 radical (unpaired) electrons. The number of aromatic nitrogens is 1. The molecular formula is C21H22FN5O5. The van der Waals surface area contributed by atoms with Crippen LogP contribution in [0.1, 0.15) is 5.69 Å². The topological polar surface area (TPSA) is 106 Å². The van der Waals surface area contributed by atoms with Gasteiger partial charge in [-0.3, -0.25) is 9.88 Å². The first-order valence-electron chi connectivity index (χ1n) is 9.93. The minimum atomic E-state index is -0.621. The van der Waals surface area contributed by atoms with E-state index in [4.69, 9.17) is 9.57 Å². The number of nitrogens with one attached hydrogen (secondary N) is 1. The van der Waals surface area contributed by atoms with Gasteiger partial charge in [0.05, 0.1) is 32.4 Å². The number of nitrogens with zero attached hydrogens (tertiary/aromatic N) is 4. The molecule has 1 fully saturated rings. The molecule has 2 aliphatic heterocycles. The normalized spacial score (nSPS) is 18.0. The van der Waals surface area contributed by atoms with Crippen LogP contribution in [0.25, 0.3) is 11.1 Å². The third-order valence-corrected chi connectivity index (χ3v) is 5.13. The second kappa shape index (κ2) is 9.08. The Bertz CT molecular complexity index is 1050. The Hall–Kier alpha value is -3.89. The second-order valence-corrected chi connectivity index (χ2v) is 7.25. The Kier molecular flexibility index (Phi) is 6.06. The summed E-state index contributed by atoms with van der Waals surface area (Å²) in [4.78, 5) is 36.1. The minimum Gasteiger partial charge on any atom is -0.453 e. The Morgan fingerprint density at radius 2 is 2.19 bits per heavy atom. The molecule has 4 rings (SSSR count). The summed E-state index contributed by atoms with van der Waals surface area (Å²) in [5, 5.41) is 6.50. The van der Waals surface area contributed by atoms with Gasteiger partial charge in [-0.1, -0.05) is 11.2 Å². The number of benzene rings is 1. The van der Waals surface area contributed by atoms with Gasteiger partial charge in [-0.25, -0.2) is 14.0 Å². The number of cyclic esters (lactones) is 1. The van der Waals surface area contributed by atoms with E-state index >= 15 is 0 Å². The molecule has 1 unspecified atom stereocenters. The van der Waals surface area contributed by atoms with Gasteiger partial charge in [0.15, 0.2) is 5.84 Å². The number of anilines is 1. The molecule has 0 saturated carbocycles. The van der Waals surface area contributed by atoms with E-state index in [-0.39, 0.29) is 13.1 Å². The summed E-state index contributed by atoms with van der Waals surface area (Å²) in [5.74, 6) is 0.110. The van der Waals surface area contributed by atoms with E-state index in [1.807, 2.05) is 11.9 Å². The predicted molar refractivity (Wildman–Crippen MR) is 113 cm³/mol. The van der Waals surface area contributed by atoms with Crippen LogP contribution in [0.5, 0.6) is 0 Å². The average Bonchev–Trinajstić information content (AvgIpc) is 3.18. The van der Waals surface area contributed by atoms with Crippen molar-refractivity contribution in [2.45, 2.75) is 6.10 Å². The fourth-order valence-electron chi connectivity index (χ4n) is 3.40. The lowest BCUT2D eigenvalue weighted by Crippen LogP contribution is -2.34. The van der Waals surface area contributed by atoms with Gasteiger partial charge in [-0.15, -0.1) is 0 Å². The average molecular weight is 443 g/mol. The molecule has 2 aromatic rings. The van der Waals surface area contributed by atoms with E-state index in [1.54, 1.807) is 30.5 Å². The summed E-state index contributed by atoms with van der Waals surface area (Å²) in [6, 6.07) is 8.00. The highest BCUT2D eigenvalue weighted by Gasteiger charge is 2.33. The first-order chi connectivity index (χ1) is 15.5. The fraction of sp³-hybridized carbons (Fsp3) is 0.333. The van der Waals surface area contributed by atoms with E-state index in [0.29, 0.717) is 41.5 Å². The maximum absolute atomic E-state index is 14.9. The van der Waals surface area contributed by atoms with Crippen molar-refractivity contribution in [2.75, 3.05) is 45.3 Å². The molecule has 0 aliphatic carbocycles. The van der Waals surface area contributed by atoms with Gasteiger partial charge in [-0.05, 0) is 24.3 Å². The van der Waals surface area contributed by atoms with Gasteiger partial charge >= 0.3 is 12.2 Å². The number of methoxy groups -OCH3 is 1. The first kappa shape index (κ1) is 21.3. The number of hydrogen-bond donors (Lipinski definition) is 1. The van der Waals surface area contributed by atoms with E-state index in [2.05, 4.69) is 20.2 Å². The van der Waals surface area contributed by atoms with E-state index in [1.165, 1.54) is 18.1 Å². The van der Waals surface area contributed by atoms with Crippen molar-refractivity contribution in [3.8, 4) is 11.1 Å². The summed E-state index contributed by atoms with van der Waals surface area (Å²) in [5.41, 5.74) is 1.91. The number of carbonyl (C=O) groups is 2. The summed E-state index contributed by atoms with van der Waals surface area (Å²) in [7, 11) is 3.14. The molecule has 3 heterocycles. The molecule has 0 bridgehead atoms. The van der Waals surface area contributed by atoms with E-state index in [0.717, 1.165) is 0 Å². The van der Waals surface area contributed by atoms with E-state index < -0.39 is 24.1 Å². The number of alkyl carbamates (subject to hydrolysis) is 1. The van der Waals surface area contributed by atoms with Gasteiger partial charge in [0, 0.05) is 24.4 Å². The molecule has 10 nitrogen and oxygen atoms in total. The Morgan fingerprint density at radius 3 is 2.88 bits per heavy atom. The molecule has 2 aliphatic rings. The van der Waals surface area contributed by atoms with Crippen molar-refractivity contribution in [3.63, 3.8) is 0 Å². The molecule has 168 valence electrons. The monoisotopic (exact) mass is 443 g/mol. The number of hydrogen-bond acceptors (Lipinski definition) is 8. The highest BCUT2D eigenvalue weighted by atomic mass is 19.1. The molecule has 1 N–H and O–H groups in total. The van der Waals surface area contributed by atoms with Crippen LogP contribution in [0.4, 0.5) is 19.7 Å². The van der Waals surface area contributed by atoms with Crippen molar-refractivity contribution in [3.05, 3.63) is 48.0 Å². The number of rotatable bonds is 5. The van der Waals surface area contributed by atoms with Crippen LogP contribution >= 0.6 is 0 Å². The molecule has 1 atom stereocenters. The first-order valence-corrected chi connectivity index (χ1v) is 9.93. The van der Waals surface area contributed by atoms with Crippen LogP contribution in [0.2, 0.25) is 0 Å². The van der Waals surface area contributed by atoms with Gasteiger partial charge in [0.1, 0.15) is 24.2 Å². The van der Waals surface area contributed by atoms with Crippen LogP contribution < -0.4 is 10.2 Å². The number of oxime groups is 1. The SMILES string of the molecule is COC(=O)NCC1CN(c2ccc(-c3ccc(C4=NOCCN4C)nc3)c(F)c2)C(=O)O1. The smallest absolute Gasteiger partial charge is 0.414 e. The van der Waals surface area contributed by atoms with Crippen LogP contribution in [0.15, 0.2) is 41.7 Å². The van der Waals surface area contributed by atoms with Crippen molar-refractivity contribution >= 4 is 23.7 Å². The molecule has 1 aromatic heterocycles. The molecule has 32 heavy (non-hydrogen) atoms. The molecular weight excluding hydrogens is 421 g/mol. The number of halogens is 1. The standard InChI is InChI=1S/C21H22FN5O5/c1-26-7-8-31-25-19(26)18-6-3-13(10-23-18)16-5-4-14(9-17(16)22)27-12-15(32-21(27)29)11-24-20(28)30-2/h3-6,9-10,15H,7-8,11-12H2,1-2H3,(H,24,28). The second-order valence-electron chi connectivity index (χ2n) is 7.25. The summed E-state index contributed by atoms with van der Waals surface area (Å²) in [6.45, 7) is 1.49. The number of pyridine rings is 1. The van der Waals surface area contributed by atoms with Crippen molar-refractivity contribution in [1.82, 2.24) is 15.2 Å². The summed E-state index contributed by atoms with van der Waals surface area (Å²) < 4.78 is 24.6. The fourth-order valence-corrected chi connectivity index (χ4v) is 3.40. The van der Waals surface area contributed by atoms with Gasteiger partial charge in [-0.2, -0.15) is 0 Å². The number of amides is 2. The third-order valence-electron chi connectivity index (χ3n) is 5.13. The predicted octanol–water partition coefficient (Wildman–Crippen LogP) is 2.19. The highest BCUT2D eigenvalue weighted by Crippen LogP contribution is 2.29. The quantitative estimate of drug-likeness (QED) is 0.755. The lowest BCUT2D eigenvalue weighted by molar-refractivity contribution is 0.109. The highest BCUT2D eigenvalue weighted by molar-refractivity contribution is 5.97.